The predicted octanol–water partition coefficient (Wildman–Crippen LogP) is 3.22. The van der Waals surface area contributed by atoms with Crippen LogP contribution in [-0.4, -0.2) is 29.9 Å². The minimum Gasteiger partial charge on any atom is -0.342 e. The summed E-state index contributed by atoms with van der Waals surface area (Å²) in [6.45, 7) is 6.15. The van der Waals surface area contributed by atoms with E-state index in [1.807, 2.05) is 18.7 Å². The Morgan fingerprint density at radius 2 is 2.10 bits per heavy atom. The van der Waals surface area contributed by atoms with Crippen molar-refractivity contribution in [2.75, 3.05) is 13.1 Å². The van der Waals surface area contributed by atoms with Crippen LogP contribution in [0.4, 0.5) is 4.39 Å². The molecule has 1 aliphatic heterocycles. The summed E-state index contributed by atoms with van der Waals surface area (Å²) in [6, 6.07) is 5.18. The Hall–Kier alpha value is -1.13. The number of carbonyl (C=O) groups is 1. The summed E-state index contributed by atoms with van der Waals surface area (Å²) in [7, 11) is 0. The second-order valence-electron chi connectivity index (χ2n) is 5.88. The van der Waals surface area contributed by atoms with Gasteiger partial charge < -0.3 is 10.2 Å². The minimum atomic E-state index is -0.388. The number of amides is 1. The van der Waals surface area contributed by atoms with E-state index in [2.05, 4.69) is 5.32 Å². The second-order valence-corrected chi connectivity index (χ2v) is 6.29. The highest BCUT2D eigenvalue weighted by Gasteiger charge is 2.23. The minimum absolute atomic E-state index is 0.0656. The molecule has 0 spiro atoms. The molecule has 116 valence electrons. The maximum atomic E-state index is 13.1. The topological polar surface area (TPSA) is 32.3 Å². The normalized spacial score (nSPS) is 16.5. The molecule has 1 fully saturated rings. The highest BCUT2D eigenvalue weighted by atomic mass is 35.5. The van der Waals surface area contributed by atoms with Crippen molar-refractivity contribution in [1.82, 2.24) is 10.2 Å². The Balaban J connectivity index is 1.78. The van der Waals surface area contributed by atoms with Crippen LogP contribution in [-0.2, 0) is 11.3 Å². The van der Waals surface area contributed by atoms with E-state index in [9.17, 15) is 9.18 Å². The lowest BCUT2D eigenvalue weighted by Gasteiger charge is -2.33. The Morgan fingerprint density at radius 1 is 1.43 bits per heavy atom. The third-order valence-corrected chi connectivity index (χ3v) is 4.17. The monoisotopic (exact) mass is 312 g/mol. The van der Waals surface area contributed by atoms with Gasteiger partial charge in [0.25, 0.3) is 0 Å². The van der Waals surface area contributed by atoms with Crippen molar-refractivity contribution >= 4 is 17.5 Å². The van der Waals surface area contributed by atoms with Crippen molar-refractivity contribution in [3.05, 3.63) is 34.6 Å². The molecule has 1 saturated heterocycles. The Morgan fingerprint density at radius 3 is 2.67 bits per heavy atom. The molecule has 0 aliphatic carbocycles. The van der Waals surface area contributed by atoms with Crippen LogP contribution in [0, 0.1) is 11.7 Å². The molecule has 2 rings (SSSR count). The number of benzene rings is 1. The molecular formula is C16H22ClFN2O. The molecule has 0 atom stereocenters. The SMILES string of the molecule is CC(C)C(=O)N1CCC(NCc2ccc(F)c(Cl)c2)CC1. The zero-order chi connectivity index (χ0) is 15.4. The average molecular weight is 313 g/mol. The molecule has 0 unspecified atom stereocenters. The van der Waals surface area contributed by atoms with Crippen molar-refractivity contribution < 1.29 is 9.18 Å². The van der Waals surface area contributed by atoms with E-state index in [1.54, 1.807) is 12.1 Å². The molecule has 0 radical (unpaired) electrons. The van der Waals surface area contributed by atoms with E-state index in [-0.39, 0.29) is 22.7 Å². The van der Waals surface area contributed by atoms with E-state index in [0.717, 1.165) is 31.5 Å². The van der Waals surface area contributed by atoms with Crippen LogP contribution in [0.2, 0.25) is 5.02 Å². The number of rotatable bonds is 4. The maximum absolute atomic E-state index is 13.1. The lowest BCUT2D eigenvalue weighted by Crippen LogP contribution is -2.45. The Labute approximate surface area is 130 Å². The molecule has 0 saturated carbocycles. The molecule has 3 nitrogen and oxygen atoms in total. The van der Waals surface area contributed by atoms with Crippen molar-refractivity contribution in [3.8, 4) is 0 Å². The van der Waals surface area contributed by atoms with Gasteiger partial charge in [0.1, 0.15) is 5.82 Å². The number of hydrogen-bond acceptors (Lipinski definition) is 2. The molecule has 1 amide bonds. The molecule has 1 aliphatic rings. The zero-order valence-electron chi connectivity index (χ0n) is 12.5. The van der Waals surface area contributed by atoms with E-state index in [4.69, 9.17) is 11.6 Å². The van der Waals surface area contributed by atoms with Crippen LogP contribution in [0.5, 0.6) is 0 Å². The average Bonchev–Trinajstić information content (AvgIpc) is 2.48. The molecule has 1 N–H and O–H groups in total. The van der Waals surface area contributed by atoms with E-state index in [0.29, 0.717) is 12.6 Å². The predicted molar refractivity (Wildman–Crippen MR) is 82.7 cm³/mol. The maximum Gasteiger partial charge on any atom is 0.225 e. The molecular weight excluding hydrogens is 291 g/mol. The molecule has 0 aromatic heterocycles. The summed E-state index contributed by atoms with van der Waals surface area (Å²) >= 11 is 5.77. The fourth-order valence-electron chi connectivity index (χ4n) is 2.58. The number of carbonyl (C=O) groups excluding carboxylic acids is 1. The van der Waals surface area contributed by atoms with Gasteiger partial charge in [0, 0.05) is 31.6 Å². The Kier molecular flexibility index (Phi) is 5.59. The van der Waals surface area contributed by atoms with Gasteiger partial charge in [-0.05, 0) is 30.5 Å². The smallest absolute Gasteiger partial charge is 0.225 e. The first-order chi connectivity index (χ1) is 9.97. The zero-order valence-corrected chi connectivity index (χ0v) is 13.3. The van der Waals surface area contributed by atoms with Crippen molar-refractivity contribution in [1.29, 1.82) is 0 Å². The fraction of sp³-hybridized carbons (Fsp3) is 0.562. The van der Waals surface area contributed by atoms with Gasteiger partial charge in [-0.2, -0.15) is 0 Å². The van der Waals surface area contributed by atoms with E-state index >= 15 is 0 Å². The molecule has 21 heavy (non-hydrogen) atoms. The van der Waals surface area contributed by atoms with Crippen LogP contribution < -0.4 is 5.32 Å². The standard InChI is InChI=1S/C16H22ClFN2O/c1-11(2)16(21)20-7-5-13(6-8-20)19-10-12-3-4-15(18)14(17)9-12/h3-4,9,11,13,19H,5-8,10H2,1-2H3. The third kappa shape index (κ3) is 4.42. The van der Waals surface area contributed by atoms with Crippen LogP contribution in [0.25, 0.3) is 0 Å². The number of nitrogens with one attached hydrogen (secondary N) is 1. The molecule has 0 bridgehead atoms. The number of likely N-dealkylation sites (tertiary alicyclic amines) is 1. The van der Waals surface area contributed by atoms with Gasteiger partial charge in [0.05, 0.1) is 5.02 Å². The molecule has 1 aromatic rings. The summed E-state index contributed by atoms with van der Waals surface area (Å²) in [6.07, 6.45) is 1.90. The number of hydrogen-bond donors (Lipinski definition) is 1. The van der Waals surface area contributed by atoms with Crippen molar-refractivity contribution in [2.24, 2.45) is 5.92 Å². The lowest BCUT2D eigenvalue weighted by atomic mass is 10.0. The summed E-state index contributed by atoms with van der Waals surface area (Å²) in [5.41, 5.74) is 0.974. The van der Waals surface area contributed by atoms with Gasteiger partial charge in [-0.3, -0.25) is 4.79 Å². The largest absolute Gasteiger partial charge is 0.342 e. The lowest BCUT2D eigenvalue weighted by molar-refractivity contribution is -0.135. The third-order valence-electron chi connectivity index (χ3n) is 3.88. The summed E-state index contributed by atoms with van der Waals surface area (Å²) in [5, 5.41) is 3.61. The molecule has 1 aromatic carbocycles. The second kappa shape index (κ2) is 7.23. The quantitative estimate of drug-likeness (QED) is 0.926. The highest BCUT2D eigenvalue weighted by molar-refractivity contribution is 6.30. The number of halogens is 2. The highest BCUT2D eigenvalue weighted by Crippen LogP contribution is 2.17. The van der Waals surface area contributed by atoms with Crippen molar-refractivity contribution in [3.63, 3.8) is 0 Å². The number of nitrogens with zero attached hydrogens (tertiary/aromatic N) is 1. The van der Waals surface area contributed by atoms with E-state index < -0.39 is 0 Å². The van der Waals surface area contributed by atoms with Crippen LogP contribution in [0.3, 0.4) is 0 Å². The summed E-state index contributed by atoms with van der Waals surface area (Å²) in [5.74, 6) is -0.0874. The first-order valence-electron chi connectivity index (χ1n) is 7.43. The van der Waals surface area contributed by atoms with Gasteiger partial charge in [-0.15, -0.1) is 0 Å². The van der Waals surface area contributed by atoms with Gasteiger partial charge in [-0.1, -0.05) is 31.5 Å². The van der Waals surface area contributed by atoms with Crippen molar-refractivity contribution in [2.45, 2.75) is 39.3 Å². The van der Waals surface area contributed by atoms with Gasteiger partial charge in [0.15, 0.2) is 0 Å². The first kappa shape index (κ1) is 16.2. The summed E-state index contributed by atoms with van der Waals surface area (Å²) < 4.78 is 13.1. The van der Waals surface area contributed by atoms with Gasteiger partial charge in [-0.25, -0.2) is 4.39 Å². The molecule has 5 heteroatoms. The van der Waals surface area contributed by atoms with Gasteiger partial charge >= 0.3 is 0 Å². The van der Waals surface area contributed by atoms with Crippen LogP contribution in [0.1, 0.15) is 32.3 Å². The first-order valence-corrected chi connectivity index (χ1v) is 7.81. The fourth-order valence-corrected chi connectivity index (χ4v) is 2.78. The van der Waals surface area contributed by atoms with E-state index in [1.165, 1.54) is 6.07 Å². The number of piperidine rings is 1. The summed E-state index contributed by atoms with van der Waals surface area (Å²) in [4.78, 5) is 13.9. The van der Waals surface area contributed by atoms with Crippen LogP contribution in [0.15, 0.2) is 18.2 Å². The van der Waals surface area contributed by atoms with Gasteiger partial charge in [0.2, 0.25) is 5.91 Å². The van der Waals surface area contributed by atoms with Crippen LogP contribution >= 0.6 is 11.6 Å². The Bertz CT molecular complexity index is 499. The molecule has 1 heterocycles.